The van der Waals surface area contributed by atoms with Crippen LogP contribution in [0.3, 0.4) is 0 Å². The van der Waals surface area contributed by atoms with Crippen LogP contribution in [0.15, 0.2) is 18.3 Å². The predicted octanol–water partition coefficient (Wildman–Crippen LogP) is 0.977. The lowest BCUT2D eigenvalue weighted by Crippen LogP contribution is -2.09. The number of nitrogens with zero attached hydrogens (tertiary/aromatic N) is 4. The first-order valence-electron chi connectivity index (χ1n) is 4.68. The fourth-order valence-electron chi connectivity index (χ4n) is 1.40. The van der Waals surface area contributed by atoms with Gasteiger partial charge in [0.2, 0.25) is 0 Å². The van der Waals surface area contributed by atoms with Gasteiger partial charge in [0, 0.05) is 11.9 Å². The van der Waals surface area contributed by atoms with E-state index in [9.17, 15) is 4.79 Å². The van der Waals surface area contributed by atoms with Crippen molar-refractivity contribution in [1.82, 2.24) is 19.7 Å². The fraction of sp³-hybridized carbons (Fsp3) is 0.200. The minimum atomic E-state index is -1.08. The van der Waals surface area contributed by atoms with Gasteiger partial charge in [-0.25, -0.2) is 19.4 Å². The number of carboxylic acid groups (broad SMARTS) is 1. The number of carboxylic acids is 1. The number of carbonyl (C=O) groups is 1. The van der Waals surface area contributed by atoms with E-state index in [2.05, 4.69) is 15.1 Å². The van der Waals surface area contributed by atoms with E-state index in [1.165, 1.54) is 16.9 Å². The lowest BCUT2D eigenvalue weighted by molar-refractivity contribution is 0.0690. The minimum absolute atomic E-state index is 0.0439. The Morgan fingerprint density at radius 3 is 2.75 bits per heavy atom. The van der Waals surface area contributed by atoms with Crippen molar-refractivity contribution in [3.05, 3.63) is 35.4 Å². The van der Waals surface area contributed by atoms with Crippen LogP contribution in [0.2, 0.25) is 0 Å². The molecule has 0 spiro atoms. The largest absolute Gasteiger partial charge is 0.477 e. The third-order valence-corrected chi connectivity index (χ3v) is 2.06. The van der Waals surface area contributed by atoms with Crippen molar-refractivity contribution in [2.45, 2.75) is 13.8 Å². The van der Waals surface area contributed by atoms with Crippen LogP contribution in [0.4, 0.5) is 0 Å². The lowest BCUT2D eigenvalue weighted by Gasteiger charge is -2.02. The summed E-state index contributed by atoms with van der Waals surface area (Å²) in [5, 5.41) is 13.0. The molecule has 1 N–H and O–H groups in total. The fourth-order valence-corrected chi connectivity index (χ4v) is 1.40. The Morgan fingerprint density at radius 2 is 2.19 bits per heavy atom. The molecule has 0 unspecified atom stereocenters. The molecule has 2 heterocycles. The summed E-state index contributed by atoms with van der Waals surface area (Å²) in [6.45, 7) is 3.71. The van der Waals surface area contributed by atoms with Crippen LogP contribution in [-0.4, -0.2) is 30.8 Å². The maximum Gasteiger partial charge on any atom is 0.354 e. The highest BCUT2D eigenvalue weighted by Gasteiger charge is 2.10. The summed E-state index contributed by atoms with van der Waals surface area (Å²) in [4.78, 5) is 18.7. The maximum atomic E-state index is 10.8. The molecule has 0 aromatic carbocycles. The molecular weight excluding hydrogens is 208 g/mol. The number of aromatic nitrogens is 4. The van der Waals surface area contributed by atoms with E-state index >= 15 is 0 Å². The van der Waals surface area contributed by atoms with E-state index in [1.54, 1.807) is 0 Å². The Kier molecular flexibility index (Phi) is 2.40. The van der Waals surface area contributed by atoms with Crippen molar-refractivity contribution in [3.8, 4) is 5.95 Å². The van der Waals surface area contributed by atoms with Gasteiger partial charge in [0.15, 0.2) is 5.69 Å². The second-order valence-corrected chi connectivity index (χ2v) is 3.39. The smallest absolute Gasteiger partial charge is 0.354 e. The highest BCUT2D eigenvalue weighted by molar-refractivity contribution is 5.85. The third kappa shape index (κ3) is 1.77. The van der Waals surface area contributed by atoms with Gasteiger partial charge in [0.25, 0.3) is 5.95 Å². The van der Waals surface area contributed by atoms with E-state index in [4.69, 9.17) is 5.11 Å². The Labute approximate surface area is 91.6 Å². The summed E-state index contributed by atoms with van der Waals surface area (Å²) >= 11 is 0. The zero-order chi connectivity index (χ0) is 11.7. The van der Waals surface area contributed by atoms with E-state index in [0.717, 1.165) is 11.4 Å². The standard InChI is InChI=1S/C10H10N4O2/c1-6-5-7(2)14(13-6)10-11-4-3-8(12-10)9(15)16/h3-5H,1-2H3,(H,15,16). The number of rotatable bonds is 2. The molecule has 6 heteroatoms. The minimum Gasteiger partial charge on any atom is -0.477 e. The molecule has 0 aliphatic heterocycles. The summed E-state index contributed by atoms with van der Waals surface area (Å²) in [5.41, 5.74) is 1.65. The molecule has 0 fully saturated rings. The Balaban J connectivity index is 2.52. The highest BCUT2D eigenvalue weighted by atomic mass is 16.4. The second kappa shape index (κ2) is 3.73. The van der Waals surface area contributed by atoms with E-state index in [-0.39, 0.29) is 11.6 Å². The van der Waals surface area contributed by atoms with E-state index in [1.807, 2.05) is 19.9 Å². The van der Waals surface area contributed by atoms with Gasteiger partial charge < -0.3 is 5.11 Å². The molecule has 2 rings (SSSR count). The van der Waals surface area contributed by atoms with Crippen molar-refractivity contribution in [3.63, 3.8) is 0 Å². The van der Waals surface area contributed by atoms with Crippen molar-refractivity contribution >= 4 is 5.97 Å². The summed E-state index contributed by atoms with van der Waals surface area (Å²) in [6.07, 6.45) is 1.40. The van der Waals surface area contributed by atoms with Crippen molar-refractivity contribution in [2.24, 2.45) is 0 Å². The molecule has 2 aromatic heterocycles. The van der Waals surface area contributed by atoms with Gasteiger partial charge >= 0.3 is 5.97 Å². The molecule has 0 saturated carbocycles. The molecule has 0 amide bonds. The third-order valence-electron chi connectivity index (χ3n) is 2.06. The lowest BCUT2D eigenvalue weighted by atomic mass is 10.4. The molecule has 0 aliphatic rings. The van der Waals surface area contributed by atoms with E-state index < -0.39 is 5.97 Å². The Morgan fingerprint density at radius 1 is 1.44 bits per heavy atom. The number of aryl methyl sites for hydroxylation is 2. The number of aromatic carboxylic acids is 1. The van der Waals surface area contributed by atoms with Gasteiger partial charge in [-0.3, -0.25) is 0 Å². The zero-order valence-corrected chi connectivity index (χ0v) is 8.88. The molecule has 0 bridgehead atoms. The monoisotopic (exact) mass is 218 g/mol. The molecule has 0 saturated heterocycles. The van der Waals surface area contributed by atoms with Crippen molar-refractivity contribution < 1.29 is 9.90 Å². The number of hydrogen-bond donors (Lipinski definition) is 1. The Bertz CT molecular complexity index is 548. The van der Waals surface area contributed by atoms with Crippen LogP contribution in [0.25, 0.3) is 5.95 Å². The van der Waals surface area contributed by atoms with Crippen LogP contribution in [0.1, 0.15) is 21.9 Å². The summed E-state index contributed by atoms with van der Waals surface area (Å²) in [7, 11) is 0. The molecule has 82 valence electrons. The van der Waals surface area contributed by atoms with Crippen LogP contribution in [0, 0.1) is 13.8 Å². The van der Waals surface area contributed by atoms with Crippen LogP contribution >= 0.6 is 0 Å². The quantitative estimate of drug-likeness (QED) is 0.812. The first kappa shape index (κ1) is 10.3. The van der Waals surface area contributed by atoms with Crippen LogP contribution in [0.5, 0.6) is 0 Å². The maximum absolute atomic E-state index is 10.8. The molecule has 0 atom stereocenters. The SMILES string of the molecule is Cc1cc(C)n(-c2nccc(C(=O)O)n2)n1. The van der Waals surface area contributed by atoms with Crippen LogP contribution < -0.4 is 0 Å². The van der Waals surface area contributed by atoms with E-state index in [0.29, 0.717) is 0 Å². The molecule has 16 heavy (non-hydrogen) atoms. The average molecular weight is 218 g/mol. The highest BCUT2D eigenvalue weighted by Crippen LogP contribution is 2.07. The summed E-state index contributed by atoms with van der Waals surface area (Å²) < 4.78 is 1.52. The average Bonchev–Trinajstić information content (AvgIpc) is 2.58. The molecule has 6 nitrogen and oxygen atoms in total. The van der Waals surface area contributed by atoms with Gasteiger partial charge in [-0.1, -0.05) is 0 Å². The molecular formula is C10H10N4O2. The molecule has 2 aromatic rings. The first-order valence-corrected chi connectivity index (χ1v) is 4.68. The van der Waals surface area contributed by atoms with Crippen LogP contribution in [-0.2, 0) is 0 Å². The summed E-state index contributed by atoms with van der Waals surface area (Å²) in [6, 6.07) is 3.22. The van der Waals surface area contributed by atoms with Gasteiger partial charge in [0.1, 0.15) is 0 Å². The predicted molar refractivity (Wildman–Crippen MR) is 55.6 cm³/mol. The topological polar surface area (TPSA) is 80.9 Å². The van der Waals surface area contributed by atoms with Crippen molar-refractivity contribution in [2.75, 3.05) is 0 Å². The van der Waals surface area contributed by atoms with Gasteiger partial charge in [0.05, 0.1) is 5.69 Å². The molecule has 0 radical (unpaired) electrons. The van der Waals surface area contributed by atoms with Gasteiger partial charge in [-0.05, 0) is 26.0 Å². The zero-order valence-electron chi connectivity index (χ0n) is 8.88. The number of hydrogen-bond acceptors (Lipinski definition) is 4. The Hall–Kier alpha value is -2.24. The van der Waals surface area contributed by atoms with Gasteiger partial charge in [-0.2, -0.15) is 5.10 Å². The first-order chi connectivity index (χ1) is 7.58. The van der Waals surface area contributed by atoms with Gasteiger partial charge in [-0.15, -0.1) is 0 Å². The second-order valence-electron chi connectivity index (χ2n) is 3.39. The summed E-state index contributed by atoms with van der Waals surface area (Å²) in [5.74, 6) is -0.810. The van der Waals surface area contributed by atoms with Crippen molar-refractivity contribution in [1.29, 1.82) is 0 Å². The normalized spacial score (nSPS) is 10.4. The molecule has 0 aliphatic carbocycles.